The summed E-state index contributed by atoms with van der Waals surface area (Å²) in [6.45, 7) is 9.46. The molecule has 5 nitrogen and oxygen atoms in total. The first-order valence-electron chi connectivity index (χ1n) is 8.09. The number of benzene rings is 1. The van der Waals surface area contributed by atoms with Crippen molar-refractivity contribution in [1.29, 1.82) is 0 Å². The summed E-state index contributed by atoms with van der Waals surface area (Å²) in [5.41, 5.74) is 1.38. The fourth-order valence-corrected chi connectivity index (χ4v) is 2.89. The Labute approximate surface area is 131 Å². The molecule has 0 aliphatic carbocycles. The van der Waals surface area contributed by atoms with E-state index in [1.165, 1.54) is 5.56 Å². The van der Waals surface area contributed by atoms with E-state index in [4.69, 9.17) is 4.52 Å². The highest BCUT2D eigenvalue weighted by atomic mass is 16.5. The average molecular weight is 300 g/mol. The molecule has 0 bridgehead atoms. The lowest BCUT2D eigenvalue weighted by molar-refractivity contribution is 0.0845. The molecule has 0 amide bonds. The van der Waals surface area contributed by atoms with Crippen molar-refractivity contribution in [1.82, 2.24) is 19.9 Å². The smallest absolute Gasteiger partial charge is 0.243 e. The molecule has 0 saturated carbocycles. The number of hydrogen-bond donors (Lipinski definition) is 0. The number of aryl methyl sites for hydroxylation is 1. The molecule has 2 heterocycles. The molecule has 1 aromatic carbocycles. The lowest BCUT2D eigenvalue weighted by Gasteiger charge is -2.36. The second-order valence-corrected chi connectivity index (χ2v) is 5.88. The highest BCUT2D eigenvalue weighted by Gasteiger charge is 2.25. The minimum absolute atomic E-state index is 0.201. The fraction of sp³-hybridized carbons (Fsp3) is 0.529. The van der Waals surface area contributed by atoms with Crippen LogP contribution in [-0.2, 0) is 13.0 Å². The molecule has 1 saturated heterocycles. The van der Waals surface area contributed by atoms with Crippen LogP contribution in [0.3, 0.4) is 0 Å². The molecule has 5 heteroatoms. The molecule has 1 aromatic heterocycles. The summed E-state index contributed by atoms with van der Waals surface area (Å²) < 4.78 is 5.38. The molecule has 0 spiro atoms. The number of hydrogen-bond acceptors (Lipinski definition) is 5. The van der Waals surface area contributed by atoms with Crippen molar-refractivity contribution in [2.75, 3.05) is 26.2 Å². The van der Waals surface area contributed by atoms with Gasteiger partial charge in [-0.1, -0.05) is 42.4 Å². The zero-order valence-corrected chi connectivity index (χ0v) is 13.4. The lowest BCUT2D eigenvalue weighted by Crippen LogP contribution is -2.46. The molecule has 0 N–H and O–H groups in total. The van der Waals surface area contributed by atoms with Gasteiger partial charge in [-0.3, -0.25) is 9.80 Å². The second kappa shape index (κ2) is 7.03. The predicted molar refractivity (Wildman–Crippen MR) is 85.4 cm³/mol. The number of rotatable bonds is 5. The standard InChI is InChI=1S/C17H24N4O/c1-3-16-18-17(22-19-16)14(2)21-11-9-20(10-12-21)13-15-7-5-4-6-8-15/h4-8,14H,3,9-13H2,1-2H3/t14-/m1/s1. The van der Waals surface area contributed by atoms with Gasteiger partial charge in [-0.05, 0) is 12.5 Å². The molecule has 0 radical (unpaired) electrons. The first-order valence-corrected chi connectivity index (χ1v) is 8.09. The van der Waals surface area contributed by atoms with Gasteiger partial charge in [0, 0.05) is 39.1 Å². The molecule has 1 atom stereocenters. The summed E-state index contributed by atoms with van der Waals surface area (Å²) in [5.74, 6) is 1.54. The summed E-state index contributed by atoms with van der Waals surface area (Å²) in [6.07, 6.45) is 0.821. The first kappa shape index (κ1) is 15.2. The van der Waals surface area contributed by atoms with Crippen LogP contribution in [0.25, 0.3) is 0 Å². The number of piperazine rings is 1. The minimum atomic E-state index is 0.201. The highest BCUT2D eigenvalue weighted by molar-refractivity contribution is 5.14. The van der Waals surface area contributed by atoms with E-state index in [9.17, 15) is 0 Å². The lowest BCUT2D eigenvalue weighted by atomic mass is 10.2. The molecule has 3 rings (SSSR count). The maximum Gasteiger partial charge on any atom is 0.243 e. The van der Waals surface area contributed by atoms with Gasteiger partial charge in [-0.25, -0.2) is 0 Å². The van der Waals surface area contributed by atoms with Crippen LogP contribution < -0.4 is 0 Å². The van der Waals surface area contributed by atoms with Crippen LogP contribution in [0.4, 0.5) is 0 Å². The molecule has 1 aliphatic rings. The van der Waals surface area contributed by atoms with Crippen LogP contribution >= 0.6 is 0 Å². The first-order chi connectivity index (χ1) is 10.8. The van der Waals surface area contributed by atoms with Gasteiger partial charge in [0.15, 0.2) is 5.82 Å². The average Bonchev–Trinajstić information content (AvgIpc) is 3.05. The van der Waals surface area contributed by atoms with E-state index in [1.807, 2.05) is 6.92 Å². The van der Waals surface area contributed by atoms with Crippen LogP contribution in [0.15, 0.2) is 34.9 Å². The van der Waals surface area contributed by atoms with E-state index in [-0.39, 0.29) is 6.04 Å². The Hall–Kier alpha value is -1.72. The predicted octanol–water partition coefficient (Wildman–Crippen LogP) is 2.51. The zero-order valence-electron chi connectivity index (χ0n) is 13.4. The summed E-state index contributed by atoms with van der Waals surface area (Å²) in [6, 6.07) is 10.9. The third-order valence-electron chi connectivity index (χ3n) is 4.36. The topological polar surface area (TPSA) is 45.4 Å². The van der Waals surface area contributed by atoms with Crippen molar-refractivity contribution >= 4 is 0 Å². The van der Waals surface area contributed by atoms with Crippen molar-refractivity contribution in [2.45, 2.75) is 32.9 Å². The van der Waals surface area contributed by atoms with E-state index in [1.54, 1.807) is 0 Å². The van der Waals surface area contributed by atoms with Crippen LogP contribution in [0.2, 0.25) is 0 Å². The van der Waals surface area contributed by atoms with Gasteiger partial charge >= 0.3 is 0 Å². The summed E-state index contributed by atoms with van der Waals surface area (Å²) in [7, 11) is 0. The van der Waals surface area contributed by atoms with Crippen LogP contribution in [0.5, 0.6) is 0 Å². The third-order valence-corrected chi connectivity index (χ3v) is 4.36. The fourth-order valence-electron chi connectivity index (χ4n) is 2.89. The van der Waals surface area contributed by atoms with Crippen molar-refractivity contribution < 1.29 is 4.52 Å². The summed E-state index contributed by atoms with van der Waals surface area (Å²) >= 11 is 0. The van der Waals surface area contributed by atoms with Gasteiger partial charge in [-0.2, -0.15) is 4.98 Å². The Morgan fingerprint density at radius 3 is 2.50 bits per heavy atom. The minimum Gasteiger partial charge on any atom is -0.338 e. The Kier molecular flexibility index (Phi) is 4.85. The molecule has 118 valence electrons. The SMILES string of the molecule is CCc1noc([C@@H](C)N2CCN(Cc3ccccc3)CC2)n1. The number of aromatic nitrogens is 2. The van der Waals surface area contributed by atoms with Gasteiger partial charge in [0.25, 0.3) is 0 Å². The maximum absolute atomic E-state index is 5.38. The Balaban J connectivity index is 1.52. The van der Waals surface area contributed by atoms with Gasteiger partial charge in [0.2, 0.25) is 5.89 Å². The molecule has 2 aromatic rings. The Bertz CT molecular complexity index is 575. The normalized spacial score (nSPS) is 18.5. The van der Waals surface area contributed by atoms with E-state index >= 15 is 0 Å². The van der Waals surface area contributed by atoms with Gasteiger partial charge in [0.1, 0.15) is 0 Å². The molecular formula is C17H24N4O. The van der Waals surface area contributed by atoms with E-state index in [0.29, 0.717) is 0 Å². The van der Waals surface area contributed by atoms with Gasteiger partial charge in [0.05, 0.1) is 6.04 Å². The van der Waals surface area contributed by atoms with E-state index in [2.05, 4.69) is 57.2 Å². The maximum atomic E-state index is 5.38. The summed E-state index contributed by atoms with van der Waals surface area (Å²) in [4.78, 5) is 9.39. The zero-order chi connectivity index (χ0) is 15.4. The van der Waals surface area contributed by atoms with Crippen molar-refractivity contribution in [3.63, 3.8) is 0 Å². The van der Waals surface area contributed by atoms with Crippen molar-refractivity contribution in [3.05, 3.63) is 47.6 Å². The molecule has 1 fully saturated rings. The quantitative estimate of drug-likeness (QED) is 0.849. The van der Waals surface area contributed by atoms with Crippen LogP contribution in [0.1, 0.15) is 37.2 Å². The van der Waals surface area contributed by atoms with E-state index in [0.717, 1.165) is 50.9 Å². The van der Waals surface area contributed by atoms with Crippen LogP contribution in [0, 0.1) is 0 Å². The highest BCUT2D eigenvalue weighted by Crippen LogP contribution is 2.20. The Morgan fingerprint density at radius 2 is 1.86 bits per heavy atom. The van der Waals surface area contributed by atoms with Crippen LogP contribution in [-0.4, -0.2) is 46.1 Å². The van der Waals surface area contributed by atoms with Crippen molar-refractivity contribution in [3.8, 4) is 0 Å². The molecular weight excluding hydrogens is 276 g/mol. The molecule has 0 unspecified atom stereocenters. The van der Waals surface area contributed by atoms with Gasteiger partial charge in [-0.15, -0.1) is 0 Å². The second-order valence-electron chi connectivity index (χ2n) is 5.88. The molecule has 22 heavy (non-hydrogen) atoms. The summed E-state index contributed by atoms with van der Waals surface area (Å²) in [5, 5.41) is 4.00. The van der Waals surface area contributed by atoms with Gasteiger partial charge < -0.3 is 4.52 Å². The monoisotopic (exact) mass is 300 g/mol. The van der Waals surface area contributed by atoms with Crippen molar-refractivity contribution in [2.24, 2.45) is 0 Å². The number of nitrogens with zero attached hydrogens (tertiary/aromatic N) is 4. The largest absolute Gasteiger partial charge is 0.338 e. The third kappa shape index (κ3) is 3.54. The van der Waals surface area contributed by atoms with E-state index < -0.39 is 0 Å². The molecule has 1 aliphatic heterocycles. The Morgan fingerprint density at radius 1 is 1.14 bits per heavy atom.